The van der Waals surface area contributed by atoms with Crippen molar-refractivity contribution >= 4 is 21.7 Å². The van der Waals surface area contributed by atoms with E-state index in [0.717, 1.165) is 38.5 Å². The molecule has 5 aliphatic carbocycles. The number of nitrogens with zero attached hydrogens (tertiary/aromatic N) is 3. The van der Waals surface area contributed by atoms with Crippen molar-refractivity contribution in [3.05, 3.63) is 0 Å². The summed E-state index contributed by atoms with van der Waals surface area (Å²) in [6.07, 6.45) is 7.32. The molecule has 0 aromatic rings. The van der Waals surface area contributed by atoms with E-state index < -0.39 is 40.0 Å². The summed E-state index contributed by atoms with van der Waals surface area (Å²) in [5.41, 5.74) is 6.53. The van der Waals surface area contributed by atoms with E-state index in [0.29, 0.717) is 42.7 Å². The SMILES string of the molecule is COC1C(CN2O[C@@H](CN)[C@@H]([C@H](C)O)[C@H]2C(=O)N[C@H]2C[C@H]3CC([C@@H]2C)C3(C)C)CCCC1C1CC(C(=O)N[C@H](CN(C)C)CS(C)(=O)=O)CC(N(C)C)C1. The van der Waals surface area contributed by atoms with Crippen LogP contribution in [0.25, 0.3) is 0 Å². The molecule has 6 aliphatic rings. The van der Waals surface area contributed by atoms with Gasteiger partial charge in [0.1, 0.15) is 15.9 Å². The van der Waals surface area contributed by atoms with Gasteiger partial charge in [0.2, 0.25) is 11.8 Å². The first-order valence-corrected chi connectivity index (χ1v) is 22.8. The van der Waals surface area contributed by atoms with E-state index in [4.69, 9.17) is 15.3 Å². The summed E-state index contributed by atoms with van der Waals surface area (Å²) >= 11 is 0. The Labute approximate surface area is 326 Å². The number of hydrogen-bond acceptors (Lipinski definition) is 11. The Morgan fingerprint density at radius 1 is 1.07 bits per heavy atom. The molecule has 14 heteroatoms. The van der Waals surface area contributed by atoms with Gasteiger partial charge in [-0.3, -0.25) is 14.4 Å². The van der Waals surface area contributed by atoms with E-state index in [1.54, 1.807) is 14.0 Å². The number of amides is 2. The molecule has 0 aromatic heterocycles. The van der Waals surface area contributed by atoms with Crippen LogP contribution in [-0.2, 0) is 29.0 Å². The smallest absolute Gasteiger partial charge is 0.240 e. The van der Waals surface area contributed by atoms with Gasteiger partial charge < -0.3 is 36.0 Å². The number of nitrogens with two attached hydrogens (primary N) is 1. The Morgan fingerprint density at radius 3 is 2.33 bits per heavy atom. The predicted molar refractivity (Wildman–Crippen MR) is 211 cm³/mol. The number of ether oxygens (including phenoxy) is 1. The fourth-order valence-corrected chi connectivity index (χ4v) is 12.6. The standard InChI is InChI=1S/C40H74N6O7S/c1-23-32-17-28(40(32,3)4)18-33(23)43-39(49)36-35(24(2)47)34(19-41)53-46(36)20-25-12-11-13-31(37(25)52-9)26-14-27(16-30(15-26)45(7)8)38(48)42-29(21-44(5)6)22-54(10,50)51/h23-37,47H,11-22,41H2,1-10H3,(H,42,48)(H,43,49)/t23-,24-,25?,26?,27?,28+,29+,30?,31?,32?,33-,34-,35+,36-,37?/m0/s1. The highest BCUT2D eigenvalue weighted by molar-refractivity contribution is 7.90. The van der Waals surface area contributed by atoms with Gasteiger partial charge in [-0.15, -0.1) is 0 Å². The topological polar surface area (TPSA) is 167 Å². The molecule has 0 spiro atoms. The van der Waals surface area contributed by atoms with Crippen molar-refractivity contribution in [2.24, 2.45) is 58.5 Å². The molecule has 54 heavy (non-hydrogen) atoms. The Hall–Kier alpha value is -1.39. The molecule has 6 rings (SSSR count). The number of carbonyl (C=O) groups excluding carboxylic acids is 2. The molecule has 1 heterocycles. The number of methoxy groups -OCH3 is 1. The van der Waals surface area contributed by atoms with Crippen LogP contribution in [0.15, 0.2) is 0 Å². The highest BCUT2D eigenvalue weighted by Gasteiger charge is 2.58. The fraction of sp³-hybridized carbons (Fsp3) is 0.950. The number of hydroxylamine groups is 2. The van der Waals surface area contributed by atoms with Crippen molar-refractivity contribution < 1.29 is 32.7 Å². The number of carbonyl (C=O) groups is 2. The summed E-state index contributed by atoms with van der Waals surface area (Å²) in [5.74, 6) is 1.10. The van der Waals surface area contributed by atoms with Gasteiger partial charge in [-0.25, -0.2) is 8.42 Å². The molecule has 0 radical (unpaired) electrons. The zero-order chi connectivity index (χ0) is 39.9. The Kier molecular flexibility index (Phi) is 14.3. The molecule has 5 N–H and O–H groups in total. The van der Waals surface area contributed by atoms with Crippen molar-refractivity contribution in [1.82, 2.24) is 25.5 Å². The van der Waals surface area contributed by atoms with Crippen LogP contribution in [0.3, 0.4) is 0 Å². The van der Waals surface area contributed by atoms with Crippen molar-refractivity contribution in [2.45, 2.75) is 122 Å². The van der Waals surface area contributed by atoms with Gasteiger partial charge in [0.15, 0.2) is 0 Å². The maximum Gasteiger partial charge on any atom is 0.240 e. The Bertz CT molecular complexity index is 1400. The molecule has 6 fully saturated rings. The van der Waals surface area contributed by atoms with Crippen molar-refractivity contribution in [3.63, 3.8) is 0 Å². The van der Waals surface area contributed by atoms with E-state index in [2.05, 4.69) is 50.4 Å². The second kappa shape index (κ2) is 17.6. The average Bonchev–Trinajstić information content (AvgIpc) is 3.46. The minimum atomic E-state index is -3.29. The molecule has 5 saturated carbocycles. The highest BCUT2D eigenvalue weighted by atomic mass is 32.2. The van der Waals surface area contributed by atoms with Crippen molar-refractivity contribution in [1.29, 1.82) is 0 Å². The third-order valence-corrected chi connectivity index (χ3v) is 15.7. The van der Waals surface area contributed by atoms with Gasteiger partial charge in [-0.05, 0) is 115 Å². The van der Waals surface area contributed by atoms with Crippen LogP contribution in [0.4, 0.5) is 0 Å². The Balaban J connectivity index is 1.32. The van der Waals surface area contributed by atoms with E-state index in [1.807, 2.05) is 24.1 Å². The molecule has 15 atom stereocenters. The first-order chi connectivity index (χ1) is 25.2. The second-order valence-electron chi connectivity index (χ2n) is 19.2. The summed E-state index contributed by atoms with van der Waals surface area (Å²) < 4.78 is 30.9. The lowest BCUT2D eigenvalue weighted by atomic mass is 9.45. The lowest BCUT2D eigenvalue weighted by molar-refractivity contribution is -0.186. The molecule has 7 unspecified atom stereocenters. The number of likely N-dealkylation sites (N-methyl/N-ethyl adjacent to an activating group) is 1. The summed E-state index contributed by atoms with van der Waals surface area (Å²) in [4.78, 5) is 38.9. The summed E-state index contributed by atoms with van der Waals surface area (Å²) in [7, 11) is 6.39. The van der Waals surface area contributed by atoms with Crippen LogP contribution in [0.2, 0.25) is 0 Å². The van der Waals surface area contributed by atoms with Crippen LogP contribution in [0.5, 0.6) is 0 Å². The number of aliphatic hydroxyl groups is 1. The number of rotatable bonds is 15. The third-order valence-electron chi connectivity index (χ3n) is 14.7. The summed E-state index contributed by atoms with van der Waals surface area (Å²) in [6.45, 7) is 9.85. The molecule has 1 saturated heterocycles. The first-order valence-electron chi connectivity index (χ1n) is 20.7. The number of sulfone groups is 1. The highest BCUT2D eigenvalue weighted by Crippen LogP contribution is 2.61. The van der Waals surface area contributed by atoms with Crippen molar-refractivity contribution in [2.75, 3.05) is 66.9 Å². The lowest BCUT2D eigenvalue weighted by Gasteiger charge is -2.62. The van der Waals surface area contributed by atoms with Crippen LogP contribution in [0, 0.1) is 52.8 Å². The van der Waals surface area contributed by atoms with Crippen LogP contribution < -0.4 is 16.4 Å². The zero-order valence-corrected chi connectivity index (χ0v) is 35.7. The van der Waals surface area contributed by atoms with Crippen LogP contribution in [-0.4, -0.2) is 150 Å². The van der Waals surface area contributed by atoms with E-state index in [-0.39, 0.29) is 66.0 Å². The Morgan fingerprint density at radius 2 is 1.78 bits per heavy atom. The quantitative estimate of drug-likeness (QED) is 0.192. The minimum absolute atomic E-state index is 0.0727. The predicted octanol–water partition coefficient (Wildman–Crippen LogP) is 1.98. The maximum absolute atomic E-state index is 14.4. The first kappa shape index (κ1) is 43.7. The third kappa shape index (κ3) is 9.65. The molecule has 312 valence electrons. The minimum Gasteiger partial charge on any atom is -0.393 e. The zero-order valence-electron chi connectivity index (χ0n) is 34.9. The number of aliphatic hydroxyl groups excluding tert-OH is 1. The number of nitrogens with one attached hydrogen (secondary N) is 2. The monoisotopic (exact) mass is 783 g/mol. The molecule has 13 nitrogen and oxygen atoms in total. The summed E-state index contributed by atoms with van der Waals surface area (Å²) in [6, 6.07) is -0.860. The van der Waals surface area contributed by atoms with Crippen molar-refractivity contribution in [3.8, 4) is 0 Å². The average molecular weight is 783 g/mol. The van der Waals surface area contributed by atoms with Gasteiger partial charge in [0.25, 0.3) is 0 Å². The molecule has 2 bridgehead atoms. The second-order valence-corrected chi connectivity index (χ2v) is 21.4. The van der Waals surface area contributed by atoms with Gasteiger partial charge >= 0.3 is 0 Å². The van der Waals surface area contributed by atoms with E-state index >= 15 is 0 Å². The van der Waals surface area contributed by atoms with E-state index in [1.165, 1.54) is 12.7 Å². The molecule has 1 aliphatic heterocycles. The fourth-order valence-electron chi connectivity index (χ4n) is 11.7. The van der Waals surface area contributed by atoms with Gasteiger partial charge in [0, 0.05) is 62.8 Å². The van der Waals surface area contributed by atoms with E-state index in [9.17, 15) is 23.1 Å². The normalized spacial score (nSPS) is 39.6. The number of hydrogen-bond donors (Lipinski definition) is 4. The molecule has 0 aromatic carbocycles. The van der Waals surface area contributed by atoms with Gasteiger partial charge in [-0.1, -0.05) is 27.2 Å². The molecular weight excluding hydrogens is 709 g/mol. The lowest BCUT2D eigenvalue weighted by Crippen LogP contribution is -2.62. The molecular formula is C40H74N6O7S. The molecule has 2 amide bonds. The van der Waals surface area contributed by atoms with Crippen LogP contribution in [0.1, 0.15) is 79.1 Å². The van der Waals surface area contributed by atoms with Gasteiger partial charge in [-0.2, -0.15) is 5.06 Å². The van der Waals surface area contributed by atoms with Crippen LogP contribution >= 0.6 is 0 Å². The maximum atomic E-state index is 14.4. The van der Waals surface area contributed by atoms with Gasteiger partial charge in [0.05, 0.1) is 30.1 Å². The summed E-state index contributed by atoms with van der Waals surface area (Å²) in [5, 5.41) is 19.4. The largest absolute Gasteiger partial charge is 0.393 e. The number of fused-ring (bicyclic) bond motifs is 2.